The van der Waals surface area contributed by atoms with Crippen molar-refractivity contribution in [1.82, 2.24) is 0 Å². The monoisotopic (exact) mass is 308 g/mol. The van der Waals surface area contributed by atoms with Crippen LogP contribution < -0.4 is 4.90 Å². The third kappa shape index (κ3) is 5.48. The third-order valence-corrected chi connectivity index (χ3v) is 3.67. The summed E-state index contributed by atoms with van der Waals surface area (Å²) < 4.78 is 0. The van der Waals surface area contributed by atoms with Crippen LogP contribution in [0.2, 0.25) is 0 Å². The van der Waals surface area contributed by atoms with Gasteiger partial charge >= 0.3 is 5.97 Å². The van der Waals surface area contributed by atoms with E-state index in [2.05, 4.69) is 18.2 Å². The van der Waals surface area contributed by atoms with Crippen molar-refractivity contribution >= 4 is 11.7 Å². The highest BCUT2D eigenvalue weighted by molar-refractivity contribution is 5.67. The molecule has 0 heterocycles. The Morgan fingerprint density at radius 2 is 1.87 bits per heavy atom. The van der Waals surface area contributed by atoms with Crippen LogP contribution in [-0.4, -0.2) is 24.2 Å². The van der Waals surface area contributed by atoms with Crippen molar-refractivity contribution in [3.05, 3.63) is 65.7 Å². The van der Waals surface area contributed by atoms with Crippen LogP contribution in [0.3, 0.4) is 0 Å². The highest BCUT2D eigenvalue weighted by atomic mass is 16.4. The molecule has 0 saturated carbocycles. The first-order valence-corrected chi connectivity index (χ1v) is 7.70. The zero-order valence-corrected chi connectivity index (χ0v) is 13.0. The van der Waals surface area contributed by atoms with Gasteiger partial charge in [0.05, 0.1) is 18.1 Å². The van der Waals surface area contributed by atoms with Crippen LogP contribution in [0.15, 0.2) is 54.6 Å². The summed E-state index contributed by atoms with van der Waals surface area (Å²) in [5, 5.41) is 18.0. The number of anilines is 1. The summed E-state index contributed by atoms with van der Waals surface area (Å²) in [5.74, 6) is -0.811. The Bertz CT molecular complexity index is 677. The lowest BCUT2D eigenvalue weighted by molar-refractivity contribution is -0.136. The van der Waals surface area contributed by atoms with Gasteiger partial charge in [-0.3, -0.25) is 4.79 Å². The molecular formula is C19H20N2O2. The Kier molecular flexibility index (Phi) is 6.19. The Labute approximate surface area is 136 Å². The maximum absolute atomic E-state index is 10.9. The summed E-state index contributed by atoms with van der Waals surface area (Å²) in [4.78, 5) is 12.9. The van der Waals surface area contributed by atoms with Gasteiger partial charge in [-0.05, 0) is 36.6 Å². The number of carbonyl (C=O) groups is 1. The zero-order chi connectivity index (χ0) is 16.5. The molecule has 0 aromatic heterocycles. The SMILES string of the molecule is N#Cc1cccc(N(CCCc2ccccc2)CCC(=O)O)c1. The standard InChI is InChI=1S/C19H20N2O2/c20-15-17-8-4-10-18(14-17)21(13-11-19(22)23)12-5-9-16-6-2-1-3-7-16/h1-4,6-8,10,14H,5,9,11-13H2,(H,22,23). The van der Waals surface area contributed by atoms with Crippen molar-refractivity contribution in [3.8, 4) is 6.07 Å². The molecule has 23 heavy (non-hydrogen) atoms. The zero-order valence-electron chi connectivity index (χ0n) is 13.0. The fourth-order valence-electron chi connectivity index (χ4n) is 2.49. The summed E-state index contributed by atoms with van der Waals surface area (Å²) in [7, 11) is 0. The van der Waals surface area contributed by atoms with Gasteiger partial charge in [-0.25, -0.2) is 0 Å². The number of nitriles is 1. The number of benzene rings is 2. The van der Waals surface area contributed by atoms with E-state index in [1.165, 1.54) is 5.56 Å². The van der Waals surface area contributed by atoms with Crippen molar-refractivity contribution in [2.75, 3.05) is 18.0 Å². The molecule has 0 aliphatic rings. The lowest BCUT2D eigenvalue weighted by Crippen LogP contribution is -2.27. The summed E-state index contributed by atoms with van der Waals surface area (Å²) in [6.45, 7) is 1.20. The molecule has 1 N–H and O–H groups in total. The van der Waals surface area contributed by atoms with Gasteiger partial charge in [0.2, 0.25) is 0 Å². The van der Waals surface area contributed by atoms with E-state index in [0.717, 1.165) is 25.1 Å². The Morgan fingerprint density at radius 3 is 2.57 bits per heavy atom. The maximum Gasteiger partial charge on any atom is 0.305 e. The van der Waals surface area contributed by atoms with E-state index >= 15 is 0 Å². The summed E-state index contributed by atoms with van der Waals surface area (Å²) >= 11 is 0. The van der Waals surface area contributed by atoms with Gasteiger partial charge in [-0.1, -0.05) is 36.4 Å². The van der Waals surface area contributed by atoms with Gasteiger partial charge in [0.15, 0.2) is 0 Å². The van der Waals surface area contributed by atoms with Gasteiger partial charge < -0.3 is 10.0 Å². The van der Waals surface area contributed by atoms with Crippen LogP contribution in [0.4, 0.5) is 5.69 Å². The lowest BCUT2D eigenvalue weighted by atomic mass is 10.1. The second-order valence-corrected chi connectivity index (χ2v) is 5.38. The Morgan fingerprint density at radius 1 is 1.09 bits per heavy atom. The molecule has 0 bridgehead atoms. The summed E-state index contributed by atoms with van der Waals surface area (Å²) in [6, 6.07) is 19.7. The minimum atomic E-state index is -0.811. The van der Waals surface area contributed by atoms with E-state index in [-0.39, 0.29) is 6.42 Å². The summed E-state index contributed by atoms with van der Waals surface area (Å²) in [6.07, 6.45) is 1.96. The molecule has 0 fully saturated rings. The number of nitrogens with zero attached hydrogens (tertiary/aromatic N) is 2. The van der Waals surface area contributed by atoms with E-state index in [9.17, 15) is 4.79 Å². The van der Waals surface area contributed by atoms with Gasteiger partial charge in [0, 0.05) is 18.8 Å². The van der Waals surface area contributed by atoms with Gasteiger partial charge in [0.25, 0.3) is 0 Å². The highest BCUT2D eigenvalue weighted by Crippen LogP contribution is 2.17. The molecule has 0 amide bonds. The van der Waals surface area contributed by atoms with E-state index in [0.29, 0.717) is 12.1 Å². The summed E-state index contributed by atoms with van der Waals surface area (Å²) in [5.41, 5.74) is 2.76. The van der Waals surface area contributed by atoms with Gasteiger partial charge in [-0.2, -0.15) is 5.26 Å². The first-order valence-electron chi connectivity index (χ1n) is 7.70. The van der Waals surface area contributed by atoms with E-state index in [4.69, 9.17) is 10.4 Å². The van der Waals surface area contributed by atoms with Crippen LogP contribution >= 0.6 is 0 Å². The quantitative estimate of drug-likeness (QED) is 0.811. The number of hydrogen-bond donors (Lipinski definition) is 1. The molecule has 0 unspecified atom stereocenters. The lowest BCUT2D eigenvalue weighted by Gasteiger charge is -2.24. The minimum absolute atomic E-state index is 0.0854. The van der Waals surface area contributed by atoms with Crippen molar-refractivity contribution in [1.29, 1.82) is 5.26 Å². The Balaban J connectivity index is 2.01. The van der Waals surface area contributed by atoms with E-state index in [1.807, 2.05) is 41.3 Å². The van der Waals surface area contributed by atoms with Crippen molar-refractivity contribution in [2.24, 2.45) is 0 Å². The number of hydrogen-bond acceptors (Lipinski definition) is 3. The van der Waals surface area contributed by atoms with E-state index in [1.54, 1.807) is 6.07 Å². The molecule has 0 saturated heterocycles. The third-order valence-electron chi connectivity index (χ3n) is 3.67. The topological polar surface area (TPSA) is 64.3 Å². The molecule has 2 aromatic rings. The molecule has 2 rings (SSSR count). The molecule has 0 aliphatic carbocycles. The Hall–Kier alpha value is -2.80. The van der Waals surface area contributed by atoms with Crippen LogP contribution in [0, 0.1) is 11.3 Å². The van der Waals surface area contributed by atoms with Gasteiger partial charge in [-0.15, -0.1) is 0 Å². The van der Waals surface area contributed by atoms with E-state index < -0.39 is 5.97 Å². The molecular weight excluding hydrogens is 288 g/mol. The van der Waals surface area contributed by atoms with Crippen LogP contribution in [0.5, 0.6) is 0 Å². The first kappa shape index (κ1) is 16.6. The van der Waals surface area contributed by atoms with Crippen molar-refractivity contribution < 1.29 is 9.90 Å². The number of carboxylic acids is 1. The highest BCUT2D eigenvalue weighted by Gasteiger charge is 2.09. The molecule has 2 aromatic carbocycles. The molecule has 4 heteroatoms. The molecule has 0 aliphatic heterocycles. The number of rotatable bonds is 8. The molecule has 4 nitrogen and oxygen atoms in total. The smallest absolute Gasteiger partial charge is 0.305 e. The van der Waals surface area contributed by atoms with Crippen LogP contribution in [0.1, 0.15) is 24.0 Å². The molecule has 0 atom stereocenters. The fraction of sp³-hybridized carbons (Fsp3) is 0.263. The fourth-order valence-corrected chi connectivity index (χ4v) is 2.49. The number of aryl methyl sites for hydroxylation is 1. The van der Waals surface area contributed by atoms with Crippen LogP contribution in [0.25, 0.3) is 0 Å². The maximum atomic E-state index is 10.9. The normalized spacial score (nSPS) is 10.0. The number of carboxylic acid groups (broad SMARTS) is 1. The molecule has 0 spiro atoms. The van der Waals surface area contributed by atoms with Crippen molar-refractivity contribution in [2.45, 2.75) is 19.3 Å². The largest absolute Gasteiger partial charge is 0.481 e. The molecule has 118 valence electrons. The van der Waals surface area contributed by atoms with Gasteiger partial charge in [0.1, 0.15) is 0 Å². The minimum Gasteiger partial charge on any atom is -0.481 e. The predicted molar refractivity (Wildman–Crippen MR) is 90.4 cm³/mol. The molecule has 0 radical (unpaired) electrons. The average Bonchev–Trinajstić information content (AvgIpc) is 2.58. The number of aliphatic carboxylic acids is 1. The second-order valence-electron chi connectivity index (χ2n) is 5.38. The first-order chi connectivity index (χ1) is 11.2. The van der Waals surface area contributed by atoms with Crippen LogP contribution in [-0.2, 0) is 11.2 Å². The predicted octanol–water partition coefficient (Wildman–Crippen LogP) is 3.47. The van der Waals surface area contributed by atoms with Crippen molar-refractivity contribution in [3.63, 3.8) is 0 Å². The second kappa shape index (κ2) is 8.60. The average molecular weight is 308 g/mol.